The number of nitrogens with zero attached hydrogens (tertiary/aromatic N) is 6. The maximum absolute atomic E-state index is 12.6. The van der Waals surface area contributed by atoms with Gasteiger partial charge in [0.1, 0.15) is 0 Å². The second-order valence-electron chi connectivity index (χ2n) is 6.34. The molecule has 0 aliphatic carbocycles. The molecule has 0 atom stereocenters. The molecule has 1 N–H and O–H groups in total. The Balaban J connectivity index is 1.45. The van der Waals surface area contributed by atoms with Gasteiger partial charge in [-0.25, -0.2) is 4.68 Å². The SMILES string of the molecule is Cc1nn(-c2ccccc2)c(C)c1NC(=O)CSc1nnnn1-c1ccccc1. The van der Waals surface area contributed by atoms with Crippen LogP contribution in [0.15, 0.2) is 65.8 Å². The Morgan fingerprint density at radius 2 is 1.59 bits per heavy atom. The van der Waals surface area contributed by atoms with Gasteiger partial charge in [0.2, 0.25) is 11.1 Å². The van der Waals surface area contributed by atoms with E-state index >= 15 is 0 Å². The summed E-state index contributed by atoms with van der Waals surface area (Å²) in [6.07, 6.45) is 0. The first-order valence-corrected chi connectivity index (χ1v) is 10.00. The smallest absolute Gasteiger partial charge is 0.234 e. The van der Waals surface area contributed by atoms with Gasteiger partial charge in [-0.2, -0.15) is 9.78 Å². The van der Waals surface area contributed by atoms with Crippen LogP contribution in [0.5, 0.6) is 0 Å². The molecular weight excluding hydrogens is 386 g/mol. The summed E-state index contributed by atoms with van der Waals surface area (Å²) in [5.41, 5.74) is 4.16. The van der Waals surface area contributed by atoms with Crippen LogP contribution in [0.2, 0.25) is 0 Å². The van der Waals surface area contributed by atoms with Gasteiger partial charge in [0.05, 0.1) is 34.2 Å². The van der Waals surface area contributed by atoms with E-state index in [2.05, 4.69) is 25.9 Å². The third-order valence-electron chi connectivity index (χ3n) is 4.33. The first-order chi connectivity index (χ1) is 14.1. The number of anilines is 1. The Labute approximate surface area is 171 Å². The third kappa shape index (κ3) is 4.04. The number of benzene rings is 2. The highest BCUT2D eigenvalue weighted by atomic mass is 32.2. The largest absolute Gasteiger partial charge is 0.322 e. The quantitative estimate of drug-likeness (QED) is 0.496. The summed E-state index contributed by atoms with van der Waals surface area (Å²) in [5.74, 6) is 0.0409. The van der Waals surface area contributed by atoms with Crippen LogP contribution in [0.1, 0.15) is 11.4 Å². The molecule has 0 aliphatic heterocycles. The number of amides is 1. The Kier molecular flexibility index (Phi) is 5.39. The fourth-order valence-corrected chi connectivity index (χ4v) is 3.64. The van der Waals surface area contributed by atoms with Crippen molar-refractivity contribution in [2.24, 2.45) is 0 Å². The fourth-order valence-electron chi connectivity index (χ4n) is 2.95. The monoisotopic (exact) mass is 405 g/mol. The average Bonchev–Trinajstić information content (AvgIpc) is 3.33. The summed E-state index contributed by atoms with van der Waals surface area (Å²) in [5, 5.41) is 19.8. The Hall–Kier alpha value is -3.46. The van der Waals surface area contributed by atoms with Crippen molar-refractivity contribution in [3.63, 3.8) is 0 Å². The van der Waals surface area contributed by atoms with Gasteiger partial charge in [0.15, 0.2) is 0 Å². The van der Waals surface area contributed by atoms with E-state index in [1.807, 2.05) is 79.2 Å². The highest BCUT2D eigenvalue weighted by molar-refractivity contribution is 7.99. The molecule has 2 aromatic heterocycles. The first-order valence-electron chi connectivity index (χ1n) is 9.01. The van der Waals surface area contributed by atoms with E-state index in [9.17, 15) is 4.79 Å². The number of para-hydroxylation sites is 2. The number of aryl methyl sites for hydroxylation is 1. The minimum Gasteiger partial charge on any atom is -0.322 e. The van der Waals surface area contributed by atoms with Crippen molar-refractivity contribution in [1.29, 1.82) is 0 Å². The molecule has 146 valence electrons. The average molecular weight is 405 g/mol. The van der Waals surface area contributed by atoms with Crippen molar-refractivity contribution in [3.8, 4) is 11.4 Å². The standard InChI is InChI=1S/C20H19N7OS/c1-14-19(15(2)26(23-14)16-9-5-3-6-10-16)21-18(28)13-29-20-22-24-25-27(20)17-11-7-4-8-12-17/h3-12H,13H2,1-2H3,(H,21,28). The lowest BCUT2D eigenvalue weighted by Gasteiger charge is -2.07. The number of hydrogen-bond acceptors (Lipinski definition) is 6. The molecule has 0 aliphatic rings. The normalized spacial score (nSPS) is 10.8. The van der Waals surface area contributed by atoms with E-state index in [1.165, 1.54) is 11.8 Å². The molecule has 4 aromatic rings. The van der Waals surface area contributed by atoms with Crippen LogP contribution in [-0.2, 0) is 4.79 Å². The molecule has 9 heteroatoms. The highest BCUT2D eigenvalue weighted by Crippen LogP contribution is 2.24. The molecule has 0 unspecified atom stereocenters. The van der Waals surface area contributed by atoms with Crippen molar-refractivity contribution < 1.29 is 4.79 Å². The summed E-state index contributed by atoms with van der Waals surface area (Å²) in [6.45, 7) is 3.82. The maximum atomic E-state index is 12.6. The van der Waals surface area contributed by atoms with Crippen molar-refractivity contribution in [2.45, 2.75) is 19.0 Å². The van der Waals surface area contributed by atoms with E-state index in [4.69, 9.17) is 0 Å². The molecule has 0 saturated heterocycles. The lowest BCUT2D eigenvalue weighted by atomic mass is 10.3. The van der Waals surface area contributed by atoms with Crippen molar-refractivity contribution in [3.05, 3.63) is 72.1 Å². The molecular formula is C20H19N7OS. The van der Waals surface area contributed by atoms with Crippen molar-refractivity contribution in [1.82, 2.24) is 30.0 Å². The Bertz CT molecular complexity index is 1120. The van der Waals surface area contributed by atoms with Crippen LogP contribution in [0.25, 0.3) is 11.4 Å². The molecule has 2 heterocycles. The van der Waals surface area contributed by atoms with E-state index in [0.29, 0.717) is 5.16 Å². The van der Waals surface area contributed by atoms with Gasteiger partial charge in [-0.1, -0.05) is 48.2 Å². The number of tetrazole rings is 1. The van der Waals surface area contributed by atoms with Gasteiger partial charge in [-0.05, 0) is 48.5 Å². The van der Waals surface area contributed by atoms with Crippen LogP contribution in [0.4, 0.5) is 5.69 Å². The molecule has 29 heavy (non-hydrogen) atoms. The Morgan fingerprint density at radius 3 is 2.24 bits per heavy atom. The maximum Gasteiger partial charge on any atom is 0.234 e. The van der Waals surface area contributed by atoms with Gasteiger partial charge in [0, 0.05) is 0 Å². The second kappa shape index (κ2) is 8.27. The molecule has 4 rings (SSSR count). The Morgan fingerprint density at radius 1 is 0.966 bits per heavy atom. The number of carbonyl (C=O) groups is 1. The summed E-state index contributed by atoms with van der Waals surface area (Å²) < 4.78 is 3.44. The van der Waals surface area contributed by atoms with Gasteiger partial charge in [-0.3, -0.25) is 4.79 Å². The van der Waals surface area contributed by atoms with Gasteiger partial charge in [0.25, 0.3) is 0 Å². The predicted octanol–water partition coefficient (Wildman–Crippen LogP) is 3.20. The van der Waals surface area contributed by atoms with Crippen LogP contribution in [0, 0.1) is 13.8 Å². The highest BCUT2D eigenvalue weighted by Gasteiger charge is 2.17. The number of thioether (sulfide) groups is 1. The van der Waals surface area contributed by atoms with Crippen LogP contribution in [-0.4, -0.2) is 41.6 Å². The number of rotatable bonds is 6. The first kappa shape index (κ1) is 18.9. The van der Waals surface area contributed by atoms with Gasteiger partial charge in [-0.15, -0.1) is 5.10 Å². The lowest BCUT2D eigenvalue weighted by Crippen LogP contribution is -2.15. The molecule has 8 nitrogen and oxygen atoms in total. The third-order valence-corrected chi connectivity index (χ3v) is 5.25. The van der Waals surface area contributed by atoms with Crippen LogP contribution in [0.3, 0.4) is 0 Å². The zero-order chi connectivity index (χ0) is 20.2. The minimum absolute atomic E-state index is 0.142. The molecule has 0 fully saturated rings. The molecule has 0 bridgehead atoms. The summed E-state index contributed by atoms with van der Waals surface area (Å²) in [7, 11) is 0. The second-order valence-corrected chi connectivity index (χ2v) is 7.28. The summed E-state index contributed by atoms with van der Waals surface area (Å²) in [4.78, 5) is 12.6. The van der Waals surface area contributed by atoms with E-state index in [-0.39, 0.29) is 11.7 Å². The fraction of sp³-hybridized carbons (Fsp3) is 0.150. The van der Waals surface area contributed by atoms with Crippen molar-refractivity contribution in [2.75, 3.05) is 11.1 Å². The summed E-state index contributed by atoms with van der Waals surface area (Å²) >= 11 is 1.28. The minimum atomic E-state index is -0.142. The number of carbonyl (C=O) groups excluding carboxylic acids is 1. The van der Waals surface area contributed by atoms with Gasteiger partial charge >= 0.3 is 0 Å². The summed E-state index contributed by atoms with van der Waals surface area (Å²) in [6, 6.07) is 19.4. The number of aromatic nitrogens is 6. The van der Waals surface area contributed by atoms with E-state index < -0.39 is 0 Å². The molecule has 2 aromatic carbocycles. The van der Waals surface area contributed by atoms with Crippen LogP contribution < -0.4 is 5.32 Å². The van der Waals surface area contributed by atoms with Crippen LogP contribution >= 0.6 is 11.8 Å². The molecule has 0 radical (unpaired) electrons. The molecule has 0 spiro atoms. The zero-order valence-electron chi connectivity index (χ0n) is 16.0. The zero-order valence-corrected chi connectivity index (χ0v) is 16.8. The van der Waals surface area contributed by atoms with E-state index in [0.717, 1.165) is 28.5 Å². The van der Waals surface area contributed by atoms with Crippen molar-refractivity contribution >= 4 is 23.4 Å². The lowest BCUT2D eigenvalue weighted by molar-refractivity contribution is -0.113. The molecule has 0 saturated carbocycles. The van der Waals surface area contributed by atoms with Gasteiger partial charge < -0.3 is 5.32 Å². The molecule has 1 amide bonds. The number of hydrogen-bond donors (Lipinski definition) is 1. The predicted molar refractivity (Wildman–Crippen MR) is 112 cm³/mol. The number of nitrogens with one attached hydrogen (secondary N) is 1. The topological polar surface area (TPSA) is 90.5 Å². The van der Waals surface area contributed by atoms with E-state index in [1.54, 1.807) is 4.68 Å².